The molecule has 6 rings (SSSR count). The Labute approximate surface area is 230 Å². The lowest BCUT2D eigenvalue weighted by Crippen LogP contribution is -2.35. The molecule has 0 saturated heterocycles. The summed E-state index contributed by atoms with van der Waals surface area (Å²) in [6, 6.07) is 13.3. The van der Waals surface area contributed by atoms with Gasteiger partial charge < -0.3 is 15.5 Å². The number of amides is 3. The maximum Gasteiger partial charge on any atom is 0.330 e. The van der Waals surface area contributed by atoms with Crippen molar-refractivity contribution in [2.45, 2.75) is 45.2 Å². The van der Waals surface area contributed by atoms with E-state index in [2.05, 4.69) is 15.6 Å². The van der Waals surface area contributed by atoms with Gasteiger partial charge in [0, 0.05) is 31.5 Å². The van der Waals surface area contributed by atoms with Gasteiger partial charge in [0.15, 0.2) is 0 Å². The van der Waals surface area contributed by atoms with E-state index in [1.807, 2.05) is 56.3 Å². The molecule has 1 spiro atoms. The van der Waals surface area contributed by atoms with Gasteiger partial charge in [-0.05, 0) is 73.2 Å². The van der Waals surface area contributed by atoms with Gasteiger partial charge in [-0.3, -0.25) is 23.5 Å². The predicted molar refractivity (Wildman–Crippen MR) is 151 cm³/mol. The largest absolute Gasteiger partial charge is 0.347 e. The highest BCUT2D eigenvalue weighted by Gasteiger charge is 2.51. The molecule has 2 N–H and O–H groups in total. The molecule has 10 heteroatoms. The summed E-state index contributed by atoms with van der Waals surface area (Å²) in [6.45, 7) is 3.51. The number of nitrogens with one attached hydrogen (secondary N) is 2. The Morgan fingerprint density at radius 1 is 1.02 bits per heavy atom. The van der Waals surface area contributed by atoms with E-state index in [0.29, 0.717) is 35.4 Å². The lowest BCUT2D eigenvalue weighted by Gasteiger charge is -2.20. The summed E-state index contributed by atoms with van der Waals surface area (Å²) in [6.07, 6.45) is 2.75. The summed E-state index contributed by atoms with van der Waals surface area (Å²) in [7, 11) is 3.29. The molecule has 3 amide bonds. The molecule has 0 bridgehead atoms. The third kappa shape index (κ3) is 3.98. The minimum absolute atomic E-state index is 0.0582. The summed E-state index contributed by atoms with van der Waals surface area (Å²) in [5.41, 5.74) is 5.51. The zero-order valence-corrected chi connectivity index (χ0v) is 22.9. The number of fused-ring (bicyclic) bond motifs is 4. The van der Waals surface area contributed by atoms with Crippen LogP contribution in [0.1, 0.15) is 27.8 Å². The van der Waals surface area contributed by atoms with Gasteiger partial charge in [-0.15, -0.1) is 0 Å². The molecule has 1 aliphatic carbocycles. The molecule has 40 heavy (non-hydrogen) atoms. The number of carbonyl (C=O) groups excluding carboxylic acids is 3. The quantitative estimate of drug-likeness (QED) is 0.405. The van der Waals surface area contributed by atoms with Crippen LogP contribution in [-0.2, 0) is 45.7 Å². The molecule has 1 aliphatic heterocycles. The van der Waals surface area contributed by atoms with Gasteiger partial charge in [-0.1, -0.05) is 18.2 Å². The molecule has 0 radical (unpaired) electrons. The molecule has 1 atom stereocenters. The zero-order valence-electron chi connectivity index (χ0n) is 22.9. The number of benzene rings is 2. The van der Waals surface area contributed by atoms with Crippen molar-refractivity contribution in [3.8, 4) is 0 Å². The molecular formula is C30H30N6O4. The number of imidazole rings is 1. The number of anilines is 2. The first-order valence-electron chi connectivity index (χ1n) is 13.2. The van der Waals surface area contributed by atoms with Gasteiger partial charge in [-0.25, -0.2) is 9.78 Å². The molecule has 2 aromatic carbocycles. The van der Waals surface area contributed by atoms with Crippen LogP contribution in [0.4, 0.5) is 11.5 Å². The normalized spacial score (nSPS) is 17.1. The first-order valence-corrected chi connectivity index (χ1v) is 13.2. The van der Waals surface area contributed by atoms with Crippen LogP contribution < -0.4 is 16.3 Å². The number of aryl methyl sites for hydroxylation is 2. The van der Waals surface area contributed by atoms with Gasteiger partial charge in [0.05, 0.1) is 16.4 Å². The van der Waals surface area contributed by atoms with E-state index in [1.165, 1.54) is 14.0 Å². The minimum atomic E-state index is -0.691. The number of pyridine rings is 1. The summed E-state index contributed by atoms with van der Waals surface area (Å²) < 4.78 is 2.86. The highest BCUT2D eigenvalue weighted by molar-refractivity contribution is 6.06. The van der Waals surface area contributed by atoms with Gasteiger partial charge in [0.25, 0.3) is 0 Å². The smallest absolute Gasteiger partial charge is 0.330 e. The lowest BCUT2D eigenvalue weighted by atomic mass is 9.79. The number of rotatable bonds is 5. The summed E-state index contributed by atoms with van der Waals surface area (Å²) in [5, 5.41) is 5.83. The van der Waals surface area contributed by atoms with Crippen molar-refractivity contribution in [1.82, 2.24) is 19.0 Å². The fraction of sp³-hybridized carbons (Fsp3) is 0.300. The number of likely N-dealkylation sites (N-methyl/N-ethyl adjacent to an activating group) is 1. The molecule has 4 aromatic rings. The second-order valence-corrected chi connectivity index (χ2v) is 11.0. The van der Waals surface area contributed by atoms with Crippen LogP contribution in [0.5, 0.6) is 0 Å². The molecular weight excluding hydrogens is 508 g/mol. The van der Waals surface area contributed by atoms with Crippen LogP contribution in [0.25, 0.3) is 11.0 Å². The number of hydrogen-bond donors (Lipinski definition) is 2. The highest BCUT2D eigenvalue weighted by Crippen LogP contribution is 2.46. The standard InChI is InChI=1S/C30H30N6O4/c1-17-10-18(2)26-23(11-17)35(16-25(38)34(3)4)29(40)36(26)15-24(37)32-21-8-7-19-13-30(14-20(19)12-21)22-6-5-9-31-27(22)33-28(30)39/h5-12H,13-16H2,1-4H3,(H,32,37)(H,31,33,39). The van der Waals surface area contributed by atoms with Crippen molar-refractivity contribution >= 4 is 40.3 Å². The first-order chi connectivity index (χ1) is 19.1. The molecule has 0 fully saturated rings. The molecule has 204 valence electrons. The molecule has 0 saturated carbocycles. The average Bonchev–Trinajstić information content (AvgIpc) is 3.50. The van der Waals surface area contributed by atoms with Crippen molar-refractivity contribution in [3.63, 3.8) is 0 Å². The van der Waals surface area contributed by atoms with Crippen LogP contribution in [0, 0.1) is 13.8 Å². The number of carbonyl (C=O) groups is 3. The van der Waals surface area contributed by atoms with Gasteiger partial charge in [0.1, 0.15) is 18.9 Å². The number of nitrogens with zero attached hydrogens (tertiary/aromatic N) is 4. The van der Waals surface area contributed by atoms with E-state index in [0.717, 1.165) is 27.8 Å². The molecule has 1 unspecified atom stereocenters. The van der Waals surface area contributed by atoms with E-state index in [-0.39, 0.29) is 30.8 Å². The Hall–Kier alpha value is -4.73. The fourth-order valence-electron chi connectivity index (χ4n) is 6.10. The zero-order chi connectivity index (χ0) is 28.3. The third-order valence-electron chi connectivity index (χ3n) is 8.01. The van der Waals surface area contributed by atoms with E-state index >= 15 is 0 Å². The third-order valence-corrected chi connectivity index (χ3v) is 8.01. The van der Waals surface area contributed by atoms with Crippen LogP contribution >= 0.6 is 0 Å². The summed E-state index contributed by atoms with van der Waals surface area (Å²) >= 11 is 0. The first kappa shape index (κ1) is 25.5. The van der Waals surface area contributed by atoms with Crippen LogP contribution in [-0.4, -0.2) is 50.8 Å². The predicted octanol–water partition coefficient (Wildman–Crippen LogP) is 2.53. The van der Waals surface area contributed by atoms with Gasteiger partial charge >= 0.3 is 5.69 Å². The monoisotopic (exact) mass is 538 g/mol. The lowest BCUT2D eigenvalue weighted by molar-refractivity contribution is -0.129. The maximum absolute atomic E-state index is 13.5. The van der Waals surface area contributed by atoms with Crippen molar-refractivity contribution in [1.29, 1.82) is 0 Å². The van der Waals surface area contributed by atoms with E-state index in [4.69, 9.17) is 0 Å². The van der Waals surface area contributed by atoms with Crippen molar-refractivity contribution < 1.29 is 14.4 Å². The molecule has 3 heterocycles. The van der Waals surface area contributed by atoms with Crippen LogP contribution in [0.2, 0.25) is 0 Å². The van der Waals surface area contributed by atoms with Crippen molar-refractivity contribution in [2.24, 2.45) is 0 Å². The van der Waals surface area contributed by atoms with Gasteiger partial charge in [-0.2, -0.15) is 0 Å². The van der Waals surface area contributed by atoms with Crippen LogP contribution in [0.3, 0.4) is 0 Å². The van der Waals surface area contributed by atoms with E-state index < -0.39 is 11.1 Å². The van der Waals surface area contributed by atoms with E-state index in [9.17, 15) is 19.2 Å². The number of aromatic nitrogens is 3. The Bertz CT molecular complexity index is 1800. The summed E-state index contributed by atoms with van der Waals surface area (Å²) in [4.78, 5) is 57.9. The Morgan fingerprint density at radius 3 is 2.58 bits per heavy atom. The van der Waals surface area contributed by atoms with E-state index in [1.54, 1.807) is 20.3 Å². The molecule has 2 aromatic heterocycles. The highest BCUT2D eigenvalue weighted by atomic mass is 16.2. The maximum atomic E-state index is 13.5. The minimum Gasteiger partial charge on any atom is -0.347 e. The Morgan fingerprint density at radius 2 is 1.80 bits per heavy atom. The molecule has 10 nitrogen and oxygen atoms in total. The van der Waals surface area contributed by atoms with Crippen molar-refractivity contribution in [2.75, 3.05) is 24.7 Å². The molecule has 2 aliphatic rings. The average molecular weight is 539 g/mol. The topological polar surface area (TPSA) is 118 Å². The van der Waals surface area contributed by atoms with Crippen LogP contribution in [0.15, 0.2) is 53.5 Å². The Kier molecular flexibility index (Phi) is 5.86. The van der Waals surface area contributed by atoms with Gasteiger partial charge in [0.2, 0.25) is 17.7 Å². The number of hydrogen-bond acceptors (Lipinski definition) is 5. The fourth-order valence-corrected chi connectivity index (χ4v) is 6.10. The van der Waals surface area contributed by atoms with Crippen molar-refractivity contribution in [3.05, 3.63) is 87.0 Å². The Balaban J connectivity index is 1.27. The second kappa shape index (κ2) is 9.18. The second-order valence-electron chi connectivity index (χ2n) is 11.0. The SMILES string of the molecule is Cc1cc(C)c2c(c1)n(CC(=O)N(C)C)c(=O)n2CC(=O)Nc1ccc2c(c1)CC1(C2)C(=O)Nc2ncccc21. The summed E-state index contributed by atoms with van der Waals surface area (Å²) in [5.74, 6) is -0.0239.